The maximum absolute atomic E-state index is 6.10. The summed E-state index contributed by atoms with van der Waals surface area (Å²) >= 11 is 12.2. The zero-order valence-electron chi connectivity index (χ0n) is 14.0. The van der Waals surface area contributed by atoms with Gasteiger partial charge in [-0.1, -0.05) is 54.4 Å². The lowest BCUT2D eigenvalue weighted by Gasteiger charge is -2.12. The van der Waals surface area contributed by atoms with E-state index in [0.717, 1.165) is 17.7 Å². The fourth-order valence-electron chi connectivity index (χ4n) is 2.39. The Bertz CT molecular complexity index is 900. The third kappa shape index (κ3) is 4.33. The van der Waals surface area contributed by atoms with Crippen LogP contribution in [0.4, 0.5) is 17.6 Å². The molecule has 8 heteroatoms. The van der Waals surface area contributed by atoms with E-state index >= 15 is 0 Å². The van der Waals surface area contributed by atoms with Crippen molar-refractivity contribution >= 4 is 40.8 Å². The summed E-state index contributed by atoms with van der Waals surface area (Å²) in [4.78, 5) is 12.6. The van der Waals surface area contributed by atoms with Crippen molar-refractivity contribution in [3.8, 4) is 5.75 Å². The minimum Gasteiger partial charge on any atom is -0.482 e. The molecule has 0 bridgehead atoms. The van der Waals surface area contributed by atoms with Crippen molar-refractivity contribution in [2.75, 3.05) is 11.1 Å². The molecule has 0 spiro atoms. The van der Waals surface area contributed by atoms with Crippen LogP contribution >= 0.6 is 23.2 Å². The Balaban J connectivity index is 1.79. The van der Waals surface area contributed by atoms with Gasteiger partial charge in [0.25, 0.3) is 0 Å². The summed E-state index contributed by atoms with van der Waals surface area (Å²) in [6.45, 7) is 2.13. The first-order valence-electron chi connectivity index (χ1n) is 7.99. The molecule has 3 rings (SSSR count). The number of halogens is 2. The number of nitrogens with one attached hydrogen (secondary N) is 1. The van der Waals surface area contributed by atoms with Gasteiger partial charge in [-0.3, -0.25) is 0 Å². The van der Waals surface area contributed by atoms with Crippen molar-refractivity contribution in [3.63, 3.8) is 0 Å². The zero-order chi connectivity index (χ0) is 18.5. The largest absolute Gasteiger partial charge is 0.482 e. The van der Waals surface area contributed by atoms with E-state index in [2.05, 4.69) is 27.2 Å². The van der Waals surface area contributed by atoms with E-state index in [1.165, 1.54) is 0 Å². The number of hydrogen-bond donors (Lipinski definition) is 2. The van der Waals surface area contributed by atoms with E-state index in [-0.39, 0.29) is 12.6 Å². The standard InChI is InChI=1S/C18H17Cl2N5O/c1-2-11-6-3-4-9-14(11)22-18-24-15(23-17(21)25-18)10-26-16-12(19)7-5-8-13(16)20/h3-9H,2,10H2,1H3,(H3,21,22,23,24,25). The average Bonchev–Trinajstić information content (AvgIpc) is 2.61. The van der Waals surface area contributed by atoms with Crippen molar-refractivity contribution in [2.45, 2.75) is 20.0 Å². The van der Waals surface area contributed by atoms with Crippen LogP contribution in [0.25, 0.3) is 0 Å². The summed E-state index contributed by atoms with van der Waals surface area (Å²) < 4.78 is 5.66. The van der Waals surface area contributed by atoms with E-state index in [4.69, 9.17) is 33.7 Å². The SMILES string of the molecule is CCc1ccccc1Nc1nc(N)nc(COc2c(Cl)cccc2Cl)n1. The molecule has 1 aromatic heterocycles. The first-order valence-corrected chi connectivity index (χ1v) is 8.74. The number of nitrogens with two attached hydrogens (primary N) is 1. The topological polar surface area (TPSA) is 86.0 Å². The lowest BCUT2D eigenvalue weighted by Crippen LogP contribution is -2.10. The first kappa shape index (κ1) is 18.2. The number of para-hydroxylation sites is 2. The second-order valence-corrected chi connectivity index (χ2v) is 6.22. The summed E-state index contributed by atoms with van der Waals surface area (Å²) in [5.41, 5.74) is 7.87. The van der Waals surface area contributed by atoms with Crippen LogP contribution in [0.3, 0.4) is 0 Å². The molecule has 0 amide bonds. The Morgan fingerprint density at radius 2 is 1.73 bits per heavy atom. The van der Waals surface area contributed by atoms with Gasteiger partial charge in [-0.2, -0.15) is 15.0 Å². The number of rotatable bonds is 6. The molecular formula is C18H17Cl2N5O. The normalized spacial score (nSPS) is 10.6. The smallest absolute Gasteiger partial charge is 0.232 e. The Kier molecular flexibility index (Phi) is 5.75. The predicted octanol–water partition coefficient (Wildman–Crippen LogP) is 4.65. The van der Waals surface area contributed by atoms with E-state index in [1.54, 1.807) is 18.2 Å². The van der Waals surface area contributed by atoms with Crippen molar-refractivity contribution in [1.82, 2.24) is 15.0 Å². The summed E-state index contributed by atoms with van der Waals surface area (Å²) in [7, 11) is 0. The monoisotopic (exact) mass is 389 g/mol. The van der Waals surface area contributed by atoms with Crippen molar-refractivity contribution in [1.29, 1.82) is 0 Å². The Labute approximate surface area is 161 Å². The molecule has 0 aliphatic heterocycles. The van der Waals surface area contributed by atoms with Gasteiger partial charge in [-0.15, -0.1) is 0 Å². The molecule has 3 N–H and O–H groups in total. The van der Waals surface area contributed by atoms with Crippen LogP contribution < -0.4 is 15.8 Å². The second kappa shape index (κ2) is 8.21. The number of nitrogen functional groups attached to an aromatic ring is 1. The minimum absolute atomic E-state index is 0.0558. The molecule has 1 heterocycles. The van der Waals surface area contributed by atoms with Crippen molar-refractivity contribution in [2.24, 2.45) is 0 Å². The number of hydrogen-bond acceptors (Lipinski definition) is 6. The molecule has 2 aromatic carbocycles. The Hall–Kier alpha value is -2.57. The number of aromatic nitrogens is 3. The molecular weight excluding hydrogens is 373 g/mol. The number of ether oxygens (including phenoxy) is 1. The van der Waals surface area contributed by atoms with Gasteiger partial charge in [-0.05, 0) is 30.2 Å². The lowest BCUT2D eigenvalue weighted by molar-refractivity contribution is 0.296. The molecule has 6 nitrogen and oxygen atoms in total. The minimum atomic E-state index is 0.0558. The molecule has 0 radical (unpaired) electrons. The Morgan fingerprint density at radius 3 is 2.46 bits per heavy atom. The van der Waals surface area contributed by atoms with Crippen LogP contribution in [0.5, 0.6) is 5.75 Å². The van der Waals surface area contributed by atoms with Crippen LogP contribution in [0.1, 0.15) is 18.3 Å². The van der Waals surface area contributed by atoms with E-state index in [0.29, 0.717) is 27.6 Å². The van der Waals surface area contributed by atoms with Crippen LogP contribution in [0.2, 0.25) is 10.0 Å². The van der Waals surface area contributed by atoms with Gasteiger partial charge in [0.15, 0.2) is 11.6 Å². The molecule has 134 valence electrons. The van der Waals surface area contributed by atoms with Crippen LogP contribution in [0, 0.1) is 0 Å². The molecule has 0 saturated carbocycles. The summed E-state index contributed by atoms with van der Waals surface area (Å²) in [6, 6.07) is 13.0. The summed E-state index contributed by atoms with van der Waals surface area (Å²) in [5, 5.41) is 4.00. The van der Waals surface area contributed by atoms with Crippen molar-refractivity contribution < 1.29 is 4.74 Å². The molecule has 0 atom stereocenters. The predicted molar refractivity (Wildman–Crippen MR) is 104 cm³/mol. The number of anilines is 3. The van der Waals surface area contributed by atoms with Crippen LogP contribution in [0.15, 0.2) is 42.5 Å². The molecule has 3 aromatic rings. The number of benzene rings is 2. The summed E-state index contributed by atoms with van der Waals surface area (Å²) in [5.74, 6) is 1.19. The van der Waals surface area contributed by atoms with E-state index < -0.39 is 0 Å². The van der Waals surface area contributed by atoms with Gasteiger partial charge in [0.2, 0.25) is 11.9 Å². The molecule has 0 aliphatic carbocycles. The molecule has 0 fully saturated rings. The van der Waals surface area contributed by atoms with Crippen molar-refractivity contribution in [3.05, 3.63) is 63.9 Å². The molecule has 0 unspecified atom stereocenters. The third-order valence-electron chi connectivity index (χ3n) is 3.61. The van der Waals surface area contributed by atoms with Gasteiger partial charge in [-0.25, -0.2) is 0 Å². The molecule has 0 saturated heterocycles. The van der Waals surface area contributed by atoms with Gasteiger partial charge in [0, 0.05) is 5.69 Å². The number of nitrogens with zero attached hydrogens (tertiary/aromatic N) is 3. The maximum atomic E-state index is 6.10. The fraction of sp³-hybridized carbons (Fsp3) is 0.167. The quantitative estimate of drug-likeness (QED) is 0.638. The summed E-state index contributed by atoms with van der Waals surface area (Å²) in [6.07, 6.45) is 0.880. The highest BCUT2D eigenvalue weighted by Gasteiger charge is 2.11. The molecule has 0 aliphatic rings. The number of aryl methyl sites for hydroxylation is 1. The van der Waals surface area contributed by atoms with Gasteiger partial charge < -0.3 is 15.8 Å². The highest BCUT2D eigenvalue weighted by molar-refractivity contribution is 6.37. The van der Waals surface area contributed by atoms with Gasteiger partial charge >= 0.3 is 0 Å². The fourth-order valence-corrected chi connectivity index (χ4v) is 2.89. The molecule has 26 heavy (non-hydrogen) atoms. The lowest BCUT2D eigenvalue weighted by atomic mass is 10.1. The zero-order valence-corrected chi connectivity index (χ0v) is 15.6. The average molecular weight is 390 g/mol. The Morgan fingerprint density at radius 1 is 1.00 bits per heavy atom. The van der Waals surface area contributed by atoms with Crippen LogP contribution in [-0.4, -0.2) is 15.0 Å². The second-order valence-electron chi connectivity index (χ2n) is 5.41. The first-order chi connectivity index (χ1) is 12.6. The van der Waals surface area contributed by atoms with E-state index in [1.807, 2.05) is 24.3 Å². The maximum Gasteiger partial charge on any atom is 0.232 e. The van der Waals surface area contributed by atoms with Gasteiger partial charge in [0.1, 0.15) is 6.61 Å². The highest BCUT2D eigenvalue weighted by atomic mass is 35.5. The highest BCUT2D eigenvalue weighted by Crippen LogP contribution is 2.32. The van der Waals surface area contributed by atoms with E-state index in [9.17, 15) is 0 Å². The third-order valence-corrected chi connectivity index (χ3v) is 4.20. The van der Waals surface area contributed by atoms with Gasteiger partial charge in [0.05, 0.1) is 10.0 Å². The van der Waals surface area contributed by atoms with Crippen LogP contribution in [-0.2, 0) is 13.0 Å².